The van der Waals surface area contributed by atoms with Crippen LogP contribution in [-0.2, 0) is 12.8 Å². The second kappa shape index (κ2) is 4.12. The van der Waals surface area contributed by atoms with Gasteiger partial charge in [0, 0.05) is 0 Å². The van der Waals surface area contributed by atoms with Crippen LogP contribution in [0, 0.1) is 0 Å². The highest BCUT2D eigenvalue weighted by atomic mass is 35.5. The molecule has 72 valence electrons. The van der Waals surface area contributed by atoms with Gasteiger partial charge in [0.05, 0.1) is 6.10 Å². The van der Waals surface area contributed by atoms with Crippen LogP contribution in [0.1, 0.15) is 36.1 Å². The van der Waals surface area contributed by atoms with E-state index < -0.39 is 0 Å². The number of aliphatic hydroxyl groups is 1. The van der Waals surface area contributed by atoms with E-state index in [0.717, 1.165) is 5.56 Å². The van der Waals surface area contributed by atoms with E-state index in [1.54, 1.807) is 0 Å². The number of fused-ring (bicyclic) bond motifs is 1. The number of benzene rings is 1. The van der Waals surface area contributed by atoms with Crippen molar-refractivity contribution in [2.45, 2.75) is 32.3 Å². The van der Waals surface area contributed by atoms with Crippen LogP contribution >= 0.6 is 12.4 Å². The molecule has 0 fully saturated rings. The molecule has 1 aliphatic carbocycles. The Morgan fingerprint density at radius 3 is 2.62 bits per heavy atom. The summed E-state index contributed by atoms with van der Waals surface area (Å²) < 4.78 is 0. The normalized spacial score (nSPS) is 16.2. The maximum atomic E-state index is 9.35. The minimum atomic E-state index is -0.323. The molecule has 0 saturated heterocycles. The molecule has 1 nitrogen and oxygen atoms in total. The monoisotopic (exact) mass is 198 g/mol. The summed E-state index contributed by atoms with van der Waals surface area (Å²) >= 11 is 0. The number of hydrogen-bond acceptors (Lipinski definition) is 1. The Morgan fingerprint density at radius 1 is 1.23 bits per heavy atom. The first-order valence-corrected chi connectivity index (χ1v) is 4.57. The number of aliphatic hydroxyl groups excluding tert-OH is 1. The van der Waals surface area contributed by atoms with Crippen LogP contribution in [-0.4, -0.2) is 5.11 Å². The van der Waals surface area contributed by atoms with E-state index in [0.29, 0.717) is 0 Å². The van der Waals surface area contributed by atoms with Crippen molar-refractivity contribution in [2.24, 2.45) is 0 Å². The molecule has 2 heteroatoms. The summed E-state index contributed by atoms with van der Waals surface area (Å²) in [7, 11) is 0. The van der Waals surface area contributed by atoms with Gasteiger partial charge in [-0.3, -0.25) is 0 Å². The fraction of sp³-hybridized carbons (Fsp3) is 0.455. The van der Waals surface area contributed by atoms with E-state index in [2.05, 4.69) is 12.1 Å². The average molecular weight is 199 g/mol. The maximum absolute atomic E-state index is 9.35. The van der Waals surface area contributed by atoms with Gasteiger partial charge in [-0.2, -0.15) is 0 Å². The SMILES string of the molecule is CC(O)c1ccc2c(c1)CCC2.Cl. The number of hydrogen-bond donors (Lipinski definition) is 1. The molecule has 1 aromatic carbocycles. The molecule has 1 aromatic rings. The van der Waals surface area contributed by atoms with Crippen LogP contribution in [0.3, 0.4) is 0 Å². The summed E-state index contributed by atoms with van der Waals surface area (Å²) in [4.78, 5) is 0. The summed E-state index contributed by atoms with van der Waals surface area (Å²) in [5.74, 6) is 0. The van der Waals surface area contributed by atoms with Crippen molar-refractivity contribution >= 4 is 12.4 Å². The molecule has 1 aliphatic rings. The predicted octanol–water partition coefficient (Wildman–Crippen LogP) is 2.65. The Hall–Kier alpha value is -0.530. The lowest BCUT2D eigenvalue weighted by molar-refractivity contribution is 0.199. The van der Waals surface area contributed by atoms with E-state index in [4.69, 9.17) is 0 Å². The Bertz CT molecular complexity index is 294. The highest BCUT2D eigenvalue weighted by Gasteiger charge is 2.11. The highest BCUT2D eigenvalue weighted by Crippen LogP contribution is 2.24. The molecule has 1 atom stereocenters. The minimum Gasteiger partial charge on any atom is -0.389 e. The van der Waals surface area contributed by atoms with Crippen LogP contribution in [0.15, 0.2) is 18.2 Å². The van der Waals surface area contributed by atoms with Gasteiger partial charge >= 0.3 is 0 Å². The lowest BCUT2D eigenvalue weighted by atomic mass is 10.0. The lowest BCUT2D eigenvalue weighted by Gasteiger charge is -2.06. The van der Waals surface area contributed by atoms with Crippen molar-refractivity contribution in [3.05, 3.63) is 34.9 Å². The highest BCUT2D eigenvalue weighted by molar-refractivity contribution is 5.85. The Labute approximate surface area is 85.2 Å². The summed E-state index contributed by atoms with van der Waals surface area (Å²) in [5.41, 5.74) is 3.96. The number of aryl methyl sites for hydroxylation is 2. The first kappa shape index (κ1) is 10.6. The number of halogens is 1. The molecular formula is C11H15ClO. The van der Waals surface area contributed by atoms with E-state index in [1.807, 2.05) is 13.0 Å². The molecule has 2 rings (SSSR count). The fourth-order valence-corrected chi connectivity index (χ4v) is 1.85. The van der Waals surface area contributed by atoms with Gasteiger partial charge in [-0.15, -0.1) is 12.4 Å². The zero-order valence-electron chi connectivity index (χ0n) is 7.79. The summed E-state index contributed by atoms with van der Waals surface area (Å²) in [5, 5.41) is 9.35. The fourth-order valence-electron chi connectivity index (χ4n) is 1.85. The molecular weight excluding hydrogens is 184 g/mol. The van der Waals surface area contributed by atoms with E-state index in [1.165, 1.54) is 30.4 Å². The van der Waals surface area contributed by atoms with Crippen LogP contribution in [0.2, 0.25) is 0 Å². The van der Waals surface area contributed by atoms with Gasteiger partial charge < -0.3 is 5.11 Å². The van der Waals surface area contributed by atoms with Crippen molar-refractivity contribution in [1.82, 2.24) is 0 Å². The van der Waals surface area contributed by atoms with Crippen molar-refractivity contribution < 1.29 is 5.11 Å². The second-order valence-corrected chi connectivity index (χ2v) is 3.56. The van der Waals surface area contributed by atoms with Gasteiger partial charge in [0.2, 0.25) is 0 Å². The topological polar surface area (TPSA) is 20.2 Å². The van der Waals surface area contributed by atoms with Gasteiger partial charge in [0.15, 0.2) is 0 Å². The van der Waals surface area contributed by atoms with E-state index >= 15 is 0 Å². The Morgan fingerprint density at radius 2 is 1.92 bits per heavy atom. The van der Waals surface area contributed by atoms with Crippen LogP contribution in [0.25, 0.3) is 0 Å². The predicted molar refractivity (Wildman–Crippen MR) is 56.3 cm³/mol. The maximum Gasteiger partial charge on any atom is 0.0762 e. The third kappa shape index (κ3) is 2.04. The van der Waals surface area contributed by atoms with Crippen LogP contribution in [0.5, 0.6) is 0 Å². The molecule has 0 radical (unpaired) electrons. The molecule has 0 bridgehead atoms. The first-order valence-electron chi connectivity index (χ1n) is 4.57. The van der Waals surface area contributed by atoms with Crippen molar-refractivity contribution in [2.75, 3.05) is 0 Å². The molecule has 0 heterocycles. The molecule has 0 saturated carbocycles. The Kier molecular flexibility index (Phi) is 3.34. The van der Waals surface area contributed by atoms with Crippen molar-refractivity contribution in [3.63, 3.8) is 0 Å². The largest absolute Gasteiger partial charge is 0.389 e. The number of rotatable bonds is 1. The lowest BCUT2D eigenvalue weighted by Crippen LogP contribution is -1.92. The third-order valence-corrected chi connectivity index (χ3v) is 2.60. The third-order valence-electron chi connectivity index (χ3n) is 2.60. The molecule has 13 heavy (non-hydrogen) atoms. The van der Waals surface area contributed by atoms with Crippen LogP contribution in [0.4, 0.5) is 0 Å². The molecule has 0 spiro atoms. The van der Waals surface area contributed by atoms with Gasteiger partial charge in [0.25, 0.3) is 0 Å². The van der Waals surface area contributed by atoms with E-state index in [9.17, 15) is 5.11 Å². The summed E-state index contributed by atoms with van der Waals surface area (Å²) in [6, 6.07) is 6.34. The van der Waals surface area contributed by atoms with Gasteiger partial charge in [0.1, 0.15) is 0 Å². The summed E-state index contributed by atoms with van der Waals surface area (Å²) in [6.07, 6.45) is 3.36. The van der Waals surface area contributed by atoms with Crippen molar-refractivity contribution in [1.29, 1.82) is 0 Å². The van der Waals surface area contributed by atoms with Gasteiger partial charge in [-0.05, 0) is 42.9 Å². The van der Waals surface area contributed by atoms with E-state index in [-0.39, 0.29) is 18.5 Å². The Balaban J connectivity index is 0.000000845. The van der Waals surface area contributed by atoms with Crippen LogP contribution < -0.4 is 0 Å². The first-order chi connectivity index (χ1) is 5.77. The molecule has 0 aliphatic heterocycles. The molecule has 0 aromatic heterocycles. The standard InChI is InChI=1S/C11H14O.ClH/c1-8(12)10-6-5-9-3-2-4-11(9)7-10;/h5-8,12H,2-4H2,1H3;1H. The van der Waals surface area contributed by atoms with Crippen molar-refractivity contribution in [3.8, 4) is 0 Å². The average Bonchev–Trinajstić information content (AvgIpc) is 2.49. The molecule has 1 N–H and O–H groups in total. The summed E-state index contributed by atoms with van der Waals surface area (Å²) in [6.45, 7) is 1.82. The zero-order chi connectivity index (χ0) is 8.55. The quantitative estimate of drug-likeness (QED) is 0.736. The minimum absolute atomic E-state index is 0. The molecule has 0 amide bonds. The molecule has 1 unspecified atom stereocenters. The zero-order valence-corrected chi connectivity index (χ0v) is 8.60. The van der Waals surface area contributed by atoms with Gasteiger partial charge in [-0.1, -0.05) is 18.2 Å². The van der Waals surface area contributed by atoms with Gasteiger partial charge in [-0.25, -0.2) is 0 Å². The smallest absolute Gasteiger partial charge is 0.0762 e. The second-order valence-electron chi connectivity index (χ2n) is 3.56.